The van der Waals surface area contributed by atoms with Crippen molar-refractivity contribution in [2.45, 2.75) is 25.2 Å². The van der Waals surface area contributed by atoms with Gasteiger partial charge in [-0.05, 0) is 62.7 Å². The summed E-state index contributed by atoms with van der Waals surface area (Å²) in [6, 6.07) is 17.5. The van der Waals surface area contributed by atoms with Crippen molar-refractivity contribution in [1.82, 2.24) is 4.90 Å². The molecule has 0 radical (unpaired) electrons. The molecule has 2 N–H and O–H groups in total. The van der Waals surface area contributed by atoms with Gasteiger partial charge in [0.2, 0.25) is 0 Å². The van der Waals surface area contributed by atoms with E-state index in [1.807, 2.05) is 61.5 Å². The number of hydrogen-bond acceptors (Lipinski definition) is 5. The molecular formula is C22H28N2O3. The lowest BCUT2D eigenvalue weighted by atomic mass is 9.72. The second-order valence-corrected chi connectivity index (χ2v) is 6.93. The average molecular weight is 368 g/mol. The van der Waals surface area contributed by atoms with Crippen LogP contribution in [0.5, 0.6) is 5.75 Å². The van der Waals surface area contributed by atoms with Gasteiger partial charge in [-0.3, -0.25) is 9.69 Å². The van der Waals surface area contributed by atoms with Gasteiger partial charge in [0.1, 0.15) is 12.4 Å². The Morgan fingerprint density at radius 1 is 1.07 bits per heavy atom. The van der Waals surface area contributed by atoms with Crippen molar-refractivity contribution < 1.29 is 14.3 Å². The quantitative estimate of drug-likeness (QED) is 0.600. The summed E-state index contributed by atoms with van der Waals surface area (Å²) in [5.41, 5.74) is 6.94. The molecule has 144 valence electrons. The van der Waals surface area contributed by atoms with Gasteiger partial charge in [-0.2, -0.15) is 0 Å². The minimum absolute atomic E-state index is 0.103. The third-order valence-corrected chi connectivity index (χ3v) is 5.26. The van der Waals surface area contributed by atoms with Crippen LogP contribution in [0.25, 0.3) is 0 Å². The number of carbonyl (C=O) groups excluding carboxylic acids is 1. The van der Waals surface area contributed by atoms with Crippen molar-refractivity contribution in [3.63, 3.8) is 0 Å². The highest BCUT2D eigenvalue weighted by molar-refractivity contribution is 5.83. The molecule has 1 fully saturated rings. The maximum Gasteiger partial charge on any atom is 0.316 e. The van der Waals surface area contributed by atoms with Crippen molar-refractivity contribution >= 4 is 11.7 Å². The second-order valence-electron chi connectivity index (χ2n) is 6.93. The number of ether oxygens (including phenoxy) is 2. The van der Waals surface area contributed by atoms with Gasteiger partial charge in [0.05, 0.1) is 12.0 Å². The molecule has 1 aliphatic heterocycles. The highest BCUT2D eigenvalue weighted by atomic mass is 16.5. The Bertz CT molecular complexity index is 723. The summed E-state index contributed by atoms with van der Waals surface area (Å²) < 4.78 is 11.2. The number of anilines is 1. The van der Waals surface area contributed by atoms with Crippen LogP contribution in [0.2, 0.25) is 0 Å². The van der Waals surface area contributed by atoms with E-state index in [-0.39, 0.29) is 5.97 Å². The van der Waals surface area contributed by atoms with Crippen molar-refractivity contribution in [2.24, 2.45) is 0 Å². The van der Waals surface area contributed by atoms with Crippen molar-refractivity contribution in [1.29, 1.82) is 0 Å². The Labute approximate surface area is 161 Å². The van der Waals surface area contributed by atoms with Crippen molar-refractivity contribution in [2.75, 3.05) is 38.6 Å². The summed E-state index contributed by atoms with van der Waals surface area (Å²) >= 11 is 0. The molecule has 0 aromatic heterocycles. The summed E-state index contributed by atoms with van der Waals surface area (Å²) in [5.74, 6) is 0.723. The van der Waals surface area contributed by atoms with E-state index in [1.165, 1.54) is 0 Å². The molecule has 1 aliphatic rings. The van der Waals surface area contributed by atoms with Crippen LogP contribution in [0.1, 0.15) is 25.3 Å². The van der Waals surface area contributed by atoms with Gasteiger partial charge in [0.15, 0.2) is 0 Å². The topological polar surface area (TPSA) is 64.8 Å². The lowest BCUT2D eigenvalue weighted by Gasteiger charge is -2.40. The minimum Gasteiger partial charge on any atom is -0.492 e. The molecule has 2 aromatic carbocycles. The fourth-order valence-electron chi connectivity index (χ4n) is 3.65. The molecule has 0 amide bonds. The summed E-state index contributed by atoms with van der Waals surface area (Å²) in [7, 11) is 0. The standard InChI is InChI=1S/C22H28N2O3/c1-2-26-21(25)22(18-6-4-3-5-7-18)12-14-24(15-13-22)16-17-27-20-10-8-19(23)9-11-20/h3-11H,2,12-17,23H2,1H3. The van der Waals surface area contributed by atoms with E-state index in [4.69, 9.17) is 15.2 Å². The number of benzene rings is 2. The van der Waals surface area contributed by atoms with Crippen molar-refractivity contribution in [3.05, 3.63) is 60.2 Å². The predicted octanol–water partition coefficient (Wildman–Crippen LogP) is 3.24. The molecule has 27 heavy (non-hydrogen) atoms. The van der Waals surface area contributed by atoms with E-state index in [1.54, 1.807) is 0 Å². The molecule has 5 heteroatoms. The molecule has 3 rings (SSSR count). The lowest BCUT2D eigenvalue weighted by molar-refractivity contribution is -0.152. The first-order chi connectivity index (χ1) is 13.1. The van der Waals surface area contributed by atoms with E-state index < -0.39 is 5.41 Å². The average Bonchev–Trinajstić information content (AvgIpc) is 2.71. The van der Waals surface area contributed by atoms with E-state index in [9.17, 15) is 4.79 Å². The third kappa shape index (κ3) is 4.61. The van der Waals surface area contributed by atoms with Gasteiger partial charge in [0, 0.05) is 12.2 Å². The van der Waals surface area contributed by atoms with Gasteiger partial charge in [-0.1, -0.05) is 30.3 Å². The van der Waals surface area contributed by atoms with Crippen LogP contribution < -0.4 is 10.5 Å². The number of likely N-dealkylation sites (tertiary alicyclic amines) is 1. The van der Waals surface area contributed by atoms with E-state index in [0.717, 1.165) is 49.5 Å². The van der Waals surface area contributed by atoms with Crippen LogP contribution in [0.15, 0.2) is 54.6 Å². The summed E-state index contributed by atoms with van der Waals surface area (Å²) in [4.78, 5) is 15.1. The smallest absolute Gasteiger partial charge is 0.316 e. The van der Waals surface area contributed by atoms with Gasteiger partial charge >= 0.3 is 5.97 Å². The molecule has 0 spiro atoms. The van der Waals surface area contributed by atoms with Crippen LogP contribution in [0.4, 0.5) is 5.69 Å². The number of esters is 1. The fourth-order valence-corrected chi connectivity index (χ4v) is 3.65. The Morgan fingerprint density at radius 2 is 1.74 bits per heavy atom. The van der Waals surface area contributed by atoms with Gasteiger partial charge in [0.25, 0.3) is 0 Å². The highest BCUT2D eigenvalue weighted by Crippen LogP contribution is 2.36. The Kier molecular flexibility index (Phi) is 6.35. The van der Waals surface area contributed by atoms with Crippen LogP contribution in [-0.4, -0.2) is 43.7 Å². The predicted molar refractivity (Wildman–Crippen MR) is 107 cm³/mol. The summed E-state index contributed by atoms with van der Waals surface area (Å²) in [6.07, 6.45) is 1.52. The van der Waals surface area contributed by atoms with Crippen molar-refractivity contribution in [3.8, 4) is 5.75 Å². The molecule has 0 aliphatic carbocycles. The lowest BCUT2D eigenvalue weighted by Crippen LogP contribution is -2.48. The molecule has 0 saturated carbocycles. The van der Waals surface area contributed by atoms with Crippen LogP contribution in [0.3, 0.4) is 0 Å². The summed E-state index contributed by atoms with van der Waals surface area (Å²) in [6.45, 7) is 5.41. The second kappa shape index (κ2) is 8.91. The summed E-state index contributed by atoms with van der Waals surface area (Å²) in [5, 5.41) is 0. The number of carbonyl (C=O) groups is 1. The van der Waals surface area contributed by atoms with Crippen LogP contribution in [0, 0.1) is 0 Å². The fraction of sp³-hybridized carbons (Fsp3) is 0.409. The molecule has 2 aromatic rings. The zero-order chi connectivity index (χ0) is 19.1. The number of nitrogen functional groups attached to an aromatic ring is 1. The maximum absolute atomic E-state index is 12.8. The van der Waals surface area contributed by atoms with Gasteiger partial charge in [-0.15, -0.1) is 0 Å². The van der Waals surface area contributed by atoms with Crippen LogP contribution >= 0.6 is 0 Å². The largest absolute Gasteiger partial charge is 0.492 e. The number of piperidine rings is 1. The molecule has 0 unspecified atom stereocenters. The normalized spacial score (nSPS) is 16.6. The number of hydrogen-bond donors (Lipinski definition) is 1. The Morgan fingerprint density at radius 3 is 2.37 bits per heavy atom. The molecule has 1 heterocycles. The number of rotatable bonds is 7. The first-order valence-corrected chi connectivity index (χ1v) is 9.57. The highest BCUT2D eigenvalue weighted by Gasteiger charge is 2.44. The Balaban J connectivity index is 1.57. The van der Waals surface area contributed by atoms with E-state index in [0.29, 0.717) is 13.2 Å². The van der Waals surface area contributed by atoms with Gasteiger partial charge in [-0.25, -0.2) is 0 Å². The number of nitrogens with two attached hydrogens (primary N) is 1. The first-order valence-electron chi connectivity index (χ1n) is 9.57. The molecule has 0 atom stereocenters. The monoisotopic (exact) mass is 368 g/mol. The SMILES string of the molecule is CCOC(=O)C1(c2ccccc2)CCN(CCOc2ccc(N)cc2)CC1. The zero-order valence-electron chi connectivity index (χ0n) is 15.9. The molecule has 5 nitrogen and oxygen atoms in total. The van der Waals surface area contributed by atoms with Gasteiger partial charge < -0.3 is 15.2 Å². The minimum atomic E-state index is -0.536. The zero-order valence-corrected chi connectivity index (χ0v) is 15.9. The van der Waals surface area contributed by atoms with E-state index >= 15 is 0 Å². The molecule has 1 saturated heterocycles. The van der Waals surface area contributed by atoms with Crippen LogP contribution in [-0.2, 0) is 14.9 Å². The van der Waals surface area contributed by atoms with E-state index in [2.05, 4.69) is 4.90 Å². The Hall–Kier alpha value is -2.53. The number of nitrogens with zero attached hydrogens (tertiary/aromatic N) is 1. The first kappa shape index (κ1) is 19.2. The third-order valence-electron chi connectivity index (χ3n) is 5.26. The molecule has 0 bridgehead atoms. The maximum atomic E-state index is 12.8. The molecular weight excluding hydrogens is 340 g/mol.